The van der Waals surface area contributed by atoms with Crippen molar-refractivity contribution in [1.29, 1.82) is 5.26 Å². The fourth-order valence-electron chi connectivity index (χ4n) is 1.59. The summed E-state index contributed by atoms with van der Waals surface area (Å²) in [6.07, 6.45) is 0.279. The second-order valence-electron chi connectivity index (χ2n) is 4.23. The minimum absolute atomic E-state index is 0.209. The Hall–Kier alpha value is -2.35. The summed E-state index contributed by atoms with van der Waals surface area (Å²) in [7, 11) is 1.62. The van der Waals surface area contributed by atoms with Crippen molar-refractivity contribution in [3.05, 3.63) is 35.9 Å². The number of benzene rings is 1. The Labute approximate surface area is 112 Å². The van der Waals surface area contributed by atoms with Gasteiger partial charge in [0.05, 0.1) is 12.5 Å². The Bertz CT molecular complexity index is 479. The van der Waals surface area contributed by atoms with Crippen molar-refractivity contribution in [2.75, 3.05) is 13.6 Å². The van der Waals surface area contributed by atoms with Crippen LogP contribution in [0.5, 0.6) is 0 Å². The molecule has 5 heteroatoms. The van der Waals surface area contributed by atoms with Gasteiger partial charge in [0.25, 0.3) is 5.91 Å². The number of amides is 2. The van der Waals surface area contributed by atoms with Gasteiger partial charge in [-0.15, -0.1) is 0 Å². The van der Waals surface area contributed by atoms with Crippen molar-refractivity contribution in [3.8, 4) is 6.07 Å². The maximum absolute atomic E-state index is 11.9. The number of carbonyl (C=O) groups excluding carboxylic acids is 2. The van der Waals surface area contributed by atoms with E-state index in [9.17, 15) is 9.59 Å². The van der Waals surface area contributed by atoms with Gasteiger partial charge < -0.3 is 10.2 Å². The fraction of sp³-hybridized carbons (Fsp3) is 0.357. The van der Waals surface area contributed by atoms with Crippen molar-refractivity contribution >= 4 is 11.8 Å². The first-order valence-corrected chi connectivity index (χ1v) is 6.04. The molecule has 0 aliphatic rings. The Kier molecular flexibility index (Phi) is 5.55. The second-order valence-corrected chi connectivity index (χ2v) is 4.23. The Morgan fingerprint density at radius 3 is 2.58 bits per heavy atom. The zero-order chi connectivity index (χ0) is 14.3. The van der Waals surface area contributed by atoms with Crippen molar-refractivity contribution in [2.45, 2.75) is 19.4 Å². The van der Waals surface area contributed by atoms with E-state index in [0.29, 0.717) is 12.1 Å². The molecule has 0 aliphatic heterocycles. The molecule has 5 nitrogen and oxygen atoms in total. The lowest BCUT2D eigenvalue weighted by Crippen LogP contribution is -2.45. The van der Waals surface area contributed by atoms with Gasteiger partial charge in [0.2, 0.25) is 5.91 Å². The van der Waals surface area contributed by atoms with Crippen molar-refractivity contribution < 1.29 is 9.59 Å². The number of carbonyl (C=O) groups is 2. The molecule has 0 saturated carbocycles. The van der Waals surface area contributed by atoms with Gasteiger partial charge in [0, 0.05) is 19.2 Å². The number of hydrogen-bond acceptors (Lipinski definition) is 3. The number of likely N-dealkylation sites (N-methyl/N-ethyl adjacent to an activating group) is 1. The smallest absolute Gasteiger partial charge is 0.251 e. The summed E-state index contributed by atoms with van der Waals surface area (Å²) in [4.78, 5) is 25.2. The second kappa shape index (κ2) is 7.17. The van der Waals surface area contributed by atoms with E-state index in [0.717, 1.165) is 0 Å². The molecule has 1 rings (SSSR count). The van der Waals surface area contributed by atoms with E-state index in [4.69, 9.17) is 5.26 Å². The highest BCUT2D eigenvalue weighted by Crippen LogP contribution is 2.00. The van der Waals surface area contributed by atoms with Crippen LogP contribution in [0, 0.1) is 11.3 Å². The molecule has 0 radical (unpaired) electrons. The number of nitrogens with zero attached hydrogens (tertiary/aromatic N) is 2. The van der Waals surface area contributed by atoms with Gasteiger partial charge in [-0.25, -0.2) is 0 Å². The van der Waals surface area contributed by atoms with Gasteiger partial charge in [-0.2, -0.15) is 5.26 Å². The maximum atomic E-state index is 11.9. The van der Waals surface area contributed by atoms with Crippen LogP contribution in [0.15, 0.2) is 30.3 Å². The highest BCUT2D eigenvalue weighted by molar-refractivity contribution is 5.97. The number of hydrogen-bond donors (Lipinski definition) is 1. The van der Waals surface area contributed by atoms with Crippen LogP contribution in [0.4, 0.5) is 0 Å². The molecule has 0 bridgehead atoms. The van der Waals surface area contributed by atoms with E-state index in [2.05, 4.69) is 5.32 Å². The molecule has 1 atom stereocenters. The van der Waals surface area contributed by atoms with Crippen molar-refractivity contribution in [1.82, 2.24) is 10.2 Å². The van der Waals surface area contributed by atoms with Crippen LogP contribution >= 0.6 is 0 Å². The largest absolute Gasteiger partial charge is 0.343 e. The molecule has 0 aromatic heterocycles. The minimum atomic E-state index is -0.614. The van der Waals surface area contributed by atoms with Gasteiger partial charge in [0.1, 0.15) is 6.04 Å². The molecule has 0 fully saturated rings. The highest BCUT2D eigenvalue weighted by atomic mass is 16.2. The molecule has 1 unspecified atom stereocenters. The lowest BCUT2D eigenvalue weighted by atomic mass is 10.2. The SMILES string of the molecule is CC(NC(=O)c1ccccc1)C(=O)N(C)CCC#N. The van der Waals surface area contributed by atoms with Gasteiger partial charge in [-0.3, -0.25) is 9.59 Å². The third kappa shape index (κ3) is 4.43. The Morgan fingerprint density at radius 1 is 1.37 bits per heavy atom. The summed E-state index contributed by atoms with van der Waals surface area (Å²) >= 11 is 0. The molecular weight excluding hydrogens is 242 g/mol. The van der Waals surface area contributed by atoms with Crippen molar-refractivity contribution in [3.63, 3.8) is 0 Å². The number of nitriles is 1. The summed E-state index contributed by atoms with van der Waals surface area (Å²) < 4.78 is 0. The average Bonchev–Trinajstić information content (AvgIpc) is 2.44. The molecule has 0 spiro atoms. The van der Waals surface area contributed by atoms with E-state index >= 15 is 0 Å². The first kappa shape index (κ1) is 14.7. The van der Waals surface area contributed by atoms with Gasteiger partial charge in [-0.05, 0) is 19.1 Å². The third-order valence-electron chi connectivity index (χ3n) is 2.69. The Balaban J connectivity index is 2.55. The normalized spacial score (nSPS) is 11.2. The van der Waals surface area contributed by atoms with E-state index in [-0.39, 0.29) is 18.2 Å². The average molecular weight is 259 g/mol. The lowest BCUT2D eigenvalue weighted by molar-refractivity contribution is -0.131. The zero-order valence-electron chi connectivity index (χ0n) is 11.1. The lowest BCUT2D eigenvalue weighted by Gasteiger charge is -2.21. The first-order valence-electron chi connectivity index (χ1n) is 6.04. The molecule has 19 heavy (non-hydrogen) atoms. The van der Waals surface area contributed by atoms with Crippen LogP contribution in [0.25, 0.3) is 0 Å². The first-order chi connectivity index (χ1) is 9.06. The van der Waals surface area contributed by atoms with Crippen molar-refractivity contribution in [2.24, 2.45) is 0 Å². The molecule has 0 heterocycles. The van der Waals surface area contributed by atoms with Crippen LogP contribution in [0.3, 0.4) is 0 Å². The monoisotopic (exact) mass is 259 g/mol. The molecule has 100 valence electrons. The topological polar surface area (TPSA) is 73.2 Å². The molecule has 0 saturated heterocycles. The van der Waals surface area contributed by atoms with E-state index < -0.39 is 6.04 Å². The maximum Gasteiger partial charge on any atom is 0.251 e. The fourth-order valence-corrected chi connectivity index (χ4v) is 1.59. The summed E-state index contributed by atoms with van der Waals surface area (Å²) in [5.41, 5.74) is 0.516. The van der Waals surface area contributed by atoms with Crippen LogP contribution < -0.4 is 5.32 Å². The molecule has 1 N–H and O–H groups in total. The van der Waals surface area contributed by atoms with E-state index in [1.54, 1.807) is 38.2 Å². The van der Waals surface area contributed by atoms with Gasteiger partial charge in [0.15, 0.2) is 0 Å². The van der Waals surface area contributed by atoms with Gasteiger partial charge in [-0.1, -0.05) is 18.2 Å². The van der Waals surface area contributed by atoms with E-state index in [1.807, 2.05) is 12.1 Å². The standard InChI is InChI=1S/C14H17N3O2/c1-11(14(19)17(2)10-6-9-15)16-13(18)12-7-4-3-5-8-12/h3-5,7-8,11H,6,10H2,1-2H3,(H,16,18). The predicted molar refractivity (Wildman–Crippen MR) is 71.2 cm³/mol. The summed E-state index contributed by atoms with van der Waals surface area (Å²) in [5.74, 6) is -0.491. The number of nitrogens with one attached hydrogen (secondary N) is 1. The quantitative estimate of drug-likeness (QED) is 0.862. The predicted octanol–water partition coefficient (Wildman–Crippen LogP) is 1.18. The molecule has 1 aromatic rings. The van der Waals surface area contributed by atoms with Crippen LogP contribution in [0.1, 0.15) is 23.7 Å². The van der Waals surface area contributed by atoms with Gasteiger partial charge >= 0.3 is 0 Å². The van der Waals surface area contributed by atoms with Crippen LogP contribution in [0.2, 0.25) is 0 Å². The van der Waals surface area contributed by atoms with Crippen LogP contribution in [-0.2, 0) is 4.79 Å². The molecule has 0 aliphatic carbocycles. The molecule has 2 amide bonds. The van der Waals surface area contributed by atoms with E-state index in [1.165, 1.54) is 4.90 Å². The zero-order valence-corrected chi connectivity index (χ0v) is 11.1. The van der Waals surface area contributed by atoms with Crippen LogP contribution in [-0.4, -0.2) is 36.3 Å². The number of rotatable bonds is 5. The molecular formula is C14H17N3O2. The highest BCUT2D eigenvalue weighted by Gasteiger charge is 2.19. The Morgan fingerprint density at radius 2 is 2.00 bits per heavy atom. The summed E-state index contributed by atoms with van der Waals surface area (Å²) in [6.45, 7) is 1.99. The summed E-state index contributed by atoms with van der Waals surface area (Å²) in [5, 5.41) is 11.1. The third-order valence-corrected chi connectivity index (χ3v) is 2.69. The molecule has 1 aromatic carbocycles. The summed E-state index contributed by atoms with van der Waals surface area (Å²) in [6, 6.07) is 10.1. The minimum Gasteiger partial charge on any atom is -0.343 e.